The Hall–Kier alpha value is -2.24. The molecule has 126 valence electrons. The van der Waals surface area contributed by atoms with E-state index in [-0.39, 0.29) is 23.8 Å². The number of primary amides is 1. The third-order valence-corrected chi connectivity index (χ3v) is 4.03. The van der Waals surface area contributed by atoms with Gasteiger partial charge in [0.25, 0.3) is 11.8 Å². The van der Waals surface area contributed by atoms with Gasteiger partial charge in [-0.25, -0.2) is 0 Å². The van der Waals surface area contributed by atoms with Gasteiger partial charge in [-0.15, -0.1) is 0 Å². The molecule has 1 heterocycles. The van der Waals surface area contributed by atoms with Gasteiger partial charge >= 0.3 is 0 Å². The number of amides is 2. The molecular formula is C17H24N2O4. The first-order valence-corrected chi connectivity index (χ1v) is 7.79. The summed E-state index contributed by atoms with van der Waals surface area (Å²) in [7, 11) is 1.52. The molecule has 1 aromatic carbocycles. The van der Waals surface area contributed by atoms with Gasteiger partial charge in [-0.2, -0.15) is 0 Å². The van der Waals surface area contributed by atoms with Crippen LogP contribution in [-0.4, -0.2) is 43.5 Å². The molecule has 0 saturated carbocycles. The smallest absolute Gasteiger partial charge is 0.260 e. The third-order valence-electron chi connectivity index (χ3n) is 4.03. The lowest BCUT2D eigenvalue weighted by atomic mass is 9.92. The number of hydrogen-bond donors (Lipinski definition) is 1. The standard InChI is InChI=1S/C17H24N2O4/c1-11-6-12(2)9-19(8-11)16(20)10-23-15-7-13(22-3)4-5-14(15)17(18)21/h4-5,7,11-12H,6,8-10H2,1-3H3,(H2,18,21). The maximum absolute atomic E-state index is 12.4. The molecule has 6 nitrogen and oxygen atoms in total. The van der Waals surface area contributed by atoms with Crippen molar-refractivity contribution < 1.29 is 19.1 Å². The Morgan fingerprint density at radius 1 is 1.26 bits per heavy atom. The summed E-state index contributed by atoms with van der Waals surface area (Å²) >= 11 is 0. The van der Waals surface area contributed by atoms with Gasteiger partial charge in [0, 0.05) is 19.2 Å². The number of nitrogens with two attached hydrogens (primary N) is 1. The Kier molecular flexibility index (Phi) is 5.47. The van der Waals surface area contributed by atoms with E-state index in [4.69, 9.17) is 15.2 Å². The van der Waals surface area contributed by atoms with E-state index in [9.17, 15) is 9.59 Å². The third kappa shape index (κ3) is 4.37. The van der Waals surface area contributed by atoms with E-state index in [1.165, 1.54) is 13.2 Å². The van der Waals surface area contributed by atoms with Crippen molar-refractivity contribution in [3.05, 3.63) is 23.8 Å². The van der Waals surface area contributed by atoms with Crippen molar-refractivity contribution in [2.45, 2.75) is 20.3 Å². The molecular weight excluding hydrogens is 296 g/mol. The van der Waals surface area contributed by atoms with Crippen LogP contribution in [0.2, 0.25) is 0 Å². The Bertz CT molecular complexity index is 578. The van der Waals surface area contributed by atoms with E-state index in [0.717, 1.165) is 19.5 Å². The van der Waals surface area contributed by atoms with Crippen LogP contribution in [0.5, 0.6) is 11.5 Å². The summed E-state index contributed by atoms with van der Waals surface area (Å²) in [6.07, 6.45) is 1.13. The number of rotatable bonds is 5. The molecule has 2 rings (SSSR count). The first-order chi connectivity index (χ1) is 10.9. The summed E-state index contributed by atoms with van der Waals surface area (Å²) in [6.45, 7) is 5.65. The molecule has 0 aromatic heterocycles. The molecule has 2 N–H and O–H groups in total. The Morgan fingerprint density at radius 3 is 2.48 bits per heavy atom. The molecule has 1 saturated heterocycles. The maximum Gasteiger partial charge on any atom is 0.260 e. The van der Waals surface area contributed by atoms with E-state index < -0.39 is 5.91 Å². The number of carbonyl (C=O) groups is 2. The van der Waals surface area contributed by atoms with Gasteiger partial charge in [0.05, 0.1) is 12.7 Å². The maximum atomic E-state index is 12.4. The van der Waals surface area contributed by atoms with Crippen molar-refractivity contribution in [2.75, 3.05) is 26.8 Å². The Morgan fingerprint density at radius 2 is 1.91 bits per heavy atom. The van der Waals surface area contributed by atoms with E-state index in [1.54, 1.807) is 12.1 Å². The fraction of sp³-hybridized carbons (Fsp3) is 0.529. The number of methoxy groups -OCH3 is 1. The van der Waals surface area contributed by atoms with Crippen LogP contribution in [0.25, 0.3) is 0 Å². The molecule has 1 aliphatic rings. The van der Waals surface area contributed by atoms with Crippen molar-refractivity contribution in [3.8, 4) is 11.5 Å². The van der Waals surface area contributed by atoms with Gasteiger partial charge in [0.15, 0.2) is 6.61 Å². The highest BCUT2D eigenvalue weighted by atomic mass is 16.5. The van der Waals surface area contributed by atoms with E-state index in [1.807, 2.05) is 4.90 Å². The first kappa shape index (κ1) is 17.1. The second-order valence-corrected chi connectivity index (χ2v) is 6.26. The monoisotopic (exact) mass is 320 g/mol. The first-order valence-electron chi connectivity index (χ1n) is 7.79. The van der Waals surface area contributed by atoms with Crippen molar-refractivity contribution in [3.63, 3.8) is 0 Å². The van der Waals surface area contributed by atoms with Crippen molar-refractivity contribution in [1.29, 1.82) is 0 Å². The predicted octanol–water partition coefficient (Wildman–Crippen LogP) is 1.68. The molecule has 6 heteroatoms. The lowest BCUT2D eigenvalue weighted by Gasteiger charge is -2.34. The molecule has 1 fully saturated rings. The zero-order valence-corrected chi connectivity index (χ0v) is 13.9. The second kappa shape index (κ2) is 7.35. The number of benzene rings is 1. The normalized spacial score (nSPS) is 20.9. The van der Waals surface area contributed by atoms with Gasteiger partial charge < -0.3 is 20.1 Å². The highest BCUT2D eigenvalue weighted by Crippen LogP contribution is 2.25. The summed E-state index contributed by atoms with van der Waals surface area (Å²) in [5.41, 5.74) is 5.57. The topological polar surface area (TPSA) is 81.9 Å². The highest BCUT2D eigenvalue weighted by molar-refractivity contribution is 5.96. The molecule has 0 aliphatic carbocycles. The summed E-state index contributed by atoms with van der Waals surface area (Å²) in [5.74, 6) is 1.10. The summed E-state index contributed by atoms with van der Waals surface area (Å²) in [5, 5.41) is 0. The minimum Gasteiger partial charge on any atom is -0.497 e. The molecule has 0 spiro atoms. The molecule has 0 radical (unpaired) electrons. The van der Waals surface area contributed by atoms with Crippen LogP contribution in [-0.2, 0) is 4.79 Å². The van der Waals surface area contributed by atoms with Gasteiger partial charge in [-0.3, -0.25) is 9.59 Å². The van der Waals surface area contributed by atoms with Gasteiger partial charge in [0.2, 0.25) is 0 Å². The molecule has 23 heavy (non-hydrogen) atoms. The number of ether oxygens (including phenoxy) is 2. The highest BCUT2D eigenvalue weighted by Gasteiger charge is 2.25. The van der Waals surface area contributed by atoms with Gasteiger partial charge in [0.1, 0.15) is 11.5 Å². The van der Waals surface area contributed by atoms with Crippen LogP contribution in [0, 0.1) is 11.8 Å². The molecule has 2 atom stereocenters. The summed E-state index contributed by atoms with van der Waals surface area (Å²) in [6, 6.07) is 4.73. The SMILES string of the molecule is COc1ccc(C(N)=O)c(OCC(=O)N2CC(C)CC(C)C2)c1. The fourth-order valence-corrected chi connectivity index (χ4v) is 3.05. The lowest BCUT2D eigenvalue weighted by molar-refractivity contribution is -0.136. The number of likely N-dealkylation sites (tertiary alicyclic amines) is 1. The molecule has 2 unspecified atom stereocenters. The van der Waals surface area contributed by atoms with Crippen LogP contribution in [0.3, 0.4) is 0 Å². The predicted molar refractivity (Wildman–Crippen MR) is 86.5 cm³/mol. The average Bonchev–Trinajstić information content (AvgIpc) is 2.51. The van der Waals surface area contributed by atoms with Crippen LogP contribution < -0.4 is 15.2 Å². The number of nitrogens with zero attached hydrogens (tertiary/aromatic N) is 1. The van der Waals surface area contributed by atoms with Gasteiger partial charge in [-0.1, -0.05) is 13.8 Å². The zero-order valence-electron chi connectivity index (χ0n) is 13.9. The Labute approximate surface area is 136 Å². The minimum atomic E-state index is -0.602. The quantitative estimate of drug-likeness (QED) is 0.895. The van der Waals surface area contributed by atoms with Gasteiger partial charge in [-0.05, 0) is 30.4 Å². The van der Waals surface area contributed by atoms with Crippen LogP contribution >= 0.6 is 0 Å². The van der Waals surface area contributed by atoms with Crippen LogP contribution in [0.15, 0.2) is 18.2 Å². The van der Waals surface area contributed by atoms with Crippen LogP contribution in [0.4, 0.5) is 0 Å². The average molecular weight is 320 g/mol. The number of hydrogen-bond acceptors (Lipinski definition) is 4. The second-order valence-electron chi connectivity index (χ2n) is 6.26. The van der Waals surface area contributed by atoms with E-state index >= 15 is 0 Å². The lowest BCUT2D eigenvalue weighted by Crippen LogP contribution is -2.44. The Balaban J connectivity index is 2.05. The fourth-order valence-electron chi connectivity index (χ4n) is 3.05. The summed E-state index contributed by atoms with van der Waals surface area (Å²) < 4.78 is 10.7. The summed E-state index contributed by atoms with van der Waals surface area (Å²) in [4.78, 5) is 25.6. The van der Waals surface area contributed by atoms with Crippen molar-refractivity contribution in [1.82, 2.24) is 4.90 Å². The number of carbonyl (C=O) groups excluding carboxylic acids is 2. The largest absolute Gasteiger partial charge is 0.497 e. The van der Waals surface area contributed by atoms with Crippen molar-refractivity contribution >= 4 is 11.8 Å². The zero-order chi connectivity index (χ0) is 17.0. The van der Waals surface area contributed by atoms with Crippen LogP contribution in [0.1, 0.15) is 30.6 Å². The molecule has 1 aromatic rings. The molecule has 2 amide bonds. The van der Waals surface area contributed by atoms with E-state index in [0.29, 0.717) is 17.6 Å². The minimum absolute atomic E-state index is 0.0818. The molecule has 1 aliphatic heterocycles. The van der Waals surface area contributed by atoms with E-state index in [2.05, 4.69) is 13.8 Å². The molecule has 0 bridgehead atoms. The van der Waals surface area contributed by atoms with Crippen molar-refractivity contribution in [2.24, 2.45) is 17.6 Å². The number of piperidine rings is 1.